The molecule has 43 heavy (non-hydrogen) atoms. The Hall–Kier alpha value is -4.23. The molecule has 230 valence electrons. The average molecular weight is 592 g/mol. The van der Waals surface area contributed by atoms with Crippen LogP contribution >= 0.6 is 0 Å². The maximum atomic E-state index is 13.8. The number of carbonyl (C=O) groups excluding carboxylic acids is 3. The molecule has 10 nitrogen and oxygen atoms in total. The summed E-state index contributed by atoms with van der Waals surface area (Å²) in [5.41, 5.74) is 0.918. The van der Waals surface area contributed by atoms with Crippen molar-refractivity contribution < 1.29 is 33.3 Å². The highest BCUT2D eigenvalue weighted by Crippen LogP contribution is 2.36. The second-order valence-corrected chi connectivity index (χ2v) is 11.6. The summed E-state index contributed by atoms with van der Waals surface area (Å²) in [7, 11) is 1.57. The van der Waals surface area contributed by atoms with Gasteiger partial charge in [0.1, 0.15) is 17.1 Å². The first-order valence-electron chi connectivity index (χ1n) is 14.6. The monoisotopic (exact) mass is 591 g/mol. The van der Waals surface area contributed by atoms with E-state index >= 15 is 0 Å². The van der Waals surface area contributed by atoms with Crippen LogP contribution < -0.4 is 14.8 Å². The molecule has 4 rings (SSSR count). The minimum Gasteiger partial charge on any atom is -0.495 e. The van der Waals surface area contributed by atoms with E-state index in [9.17, 15) is 14.4 Å². The highest BCUT2D eigenvalue weighted by atomic mass is 16.6. The number of hydrogen-bond acceptors (Lipinski definition) is 7. The van der Waals surface area contributed by atoms with Crippen LogP contribution in [0.2, 0.25) is 0 Å². The van der Waals surface area contributed by atoms with Crippen molar-refractivity contribution in [3.8, 4) is 23.3 Å². The molecule has 1 saturated heterocycles. The lowest BCUT2D eigenvalue weighted by molar-refractivity contribution is -0.151. The van der Waals surface area contributed by atoms with Crippen molar-refractivity contribution in [1.29, 1.82) is 0 Å². The first kappa shape index (κ1) is 31.7. The van der Waals surface area contributed by atoms with Crippen LogP contribution in [0.1, 0.15) is 57.7 Å². The van der Waals surface area contributed by atoms with Crippen molar-refractivity contribution in [2.45, 2.75) is 64.3 Å². The third-order valence-electron chi connectivity index (χ3n) is 7.02. The van der Waals surface area contributed by atoms with Crippen molar-refractivity contribution in [3.63, 3.8) is 0 Å². The lowest BCUT2D eigenvalue weighted by Gasteiger charge is -2.38. The van der Waals surface area contributed by atoms with Gasteiger partial charge in [0.25, 0.3) is 11.8 Å². The minimum atomic E-state index is -0.767. The zero-order valence-corrected chi connectivity index (χ0v) is 25.6. The van der Waals surface area contributed by atoms with Gasteiger partial charge in [-0.3, -0.25) is 9.59 Å². The van der Waals surface area contributed by atoms with Gasteiger partial charge in [-0.25, -0.2) is 4.79 Å². The van der Waals surface area contributed by atoms with Gasteiger partial charge in [0.2, 0.25) is 0 Å². The van der Waals surface area contributed by atoms with Gasteiger partial charge in [0, 0.05) is 12.6 Å². The lowest BCUT2D eigenvalue weighted by Crippen LogP contribution is -2.54. The summed E-state index contributed by atoms with van der Waals surface area (Å²) in [5.74, 6) is 6.85. The number of nitrogens with zero attached hydrogens (tertiary/aromatic N) is 2. The third-order valence-corrected chi connectivity index (χ3v) is 7.02. The summed E-state index contributed by atoms with van der Waals surface area (Å²) in [4.78, 5) is 42.0. The van der Waals surface area contributed by atoms with Crippen LogP contribution in [0.4, 0.5) is 4.79 Å². The Bertz CT molecular complexity index is 1340. The number of hydrogen-bond donors (Lipinski definition) is 1. The van der Waals surface area contributed by atoms with Crippen LogP contribution in [-0.4, -0.2) is 85.4 Å². The summed E-state index contributed by atoms with van der Waals surface area (Å²) < 4.78 is 22.3. The number of amides is 3. The molecule has 2 atom stereocenters. The van der Waals surface area contributed by atoms with Crippen molar-refractivity contribution in [2.24, 2.45) is 0 Å². The molecule has 0 radical (unpaired) electrons. The largest absolute Gasteiger partial charge is 0.495 e. The first-order valence-corrected chi connectivity index (χ1v) is 14.6. The number of benzene rings is 2. The van der Waals surface area contributed by atoms with E-state index in [1.54, 1.807) is 24.1 Å². The number of carbonyl (C=O) groups is 3. The molecular weight excluding hydrogens is 550 g/mol. The van der Waals surface area contributed by atoms with E-state index in [0.29, 0.717) is 23.6 Å². The summed E-state index contributed by atoms with van der Waals surface area (Å²) >= 11 is 0. The van der Waals surface area contributed by atoms with E-state index < -0.39 is 17.8 Å². The zero-order chi connectivity index (χ0) is 31.0. The van der Waals surface area contributed by atoms with Crippen molar-refractivity contribution in [1.82, 2.24) is 15.1 Å². The summed E-state index contributed by atoms with van der Waals surface area (Å²) in [5, 5.41) is 2.73. The molecule has 1 unspecified atom stereocenters. The van der Waals surface area contributed by atoms with Gasteiger partial charge in [-0.05, 0) is 70.4 Å². The molecule has 0 bridgehead atoms. The van der Waals surface area contributed by atoms with Gasteiger partial charge < -0.3 is 34.1 Å². The highest BCUT2D eigenvalue weighted by molar-refractivity contribution is 5.83. The molecule has 2 aliphatic rings. The Morgan fingerprint density at radius 3 is 2.56 bits per heavy atom. The van der Waals surface area contributed by atoms with E-state index in [-0.39, 0.29) is 50.2 Å². The van der Waals surface area contributed by atoms with Gasteiger partial charge in [-0.15, -0.1) is 0 Å². The number of methoxy groups -OCH3 is 1. The smallest absolute Gasteiger partial charge is 0.410 e. The Morgan fingerprint density at radius 2 is 1.88 bits per heavy atom. The molecule has 2 aromatic carbocycles. The van der Waals surface area contributed by atoms with E-state index in [2.05, 4.69) is 17.2 Å². The maximum Gasteiger partial charge on any atom is 0.410 e. The van der Waals surface area contributed by atoms with Crippen LogP contribution in [0.15, 0.2) is 48.5 Å². The summed E-state index contributed by atoms with van der Waals surface area (Å²) in [6.07, 6.45) is 0.610. The molecule has 1 heterocycles. The van der Waals surface area contributed by atoms with Gasteiger partial charge in [0.05, 0.1) is 38.4 Å². The van der Waals surface area contributed by atoms with Crippen LogP contribution in [0.5, 0.6) is 11.5 Å². The summed E-state index contributed by atoms with van der Waals surface area (Å²) in [6, 6.07) is 14.6. The fourth-order valence-electron chi connectivity index (χ4n) is 4.74. The van der Waals surface area contributed by atoms with Crippen LogP contribution in [0, 0.1) is 11.8 Å². The Kier molecular flexibility index (Phi) is 10.5. The van der Waals surface area contributed by atoms with Crippen LogP contribution in [0.25, 0.3) is 0 Å². The third kappa shape index (κ3) is 9.13. The number of para-hydroxylation sites is 1. The number of nitrogens with one attached hydrogen (secondary N) is 1. The average Bonchev–Trinajstić information content (AvgIpc) is 3.83. The zero-order valence-electron chi connectivity index (χ0n) is 25.6. The maximum absolute atomic E-state index is 13.8. The molecule has 1 aliphatic heterocycles. The normalized spacial score (nSPS) is 17.1. The van der Waals surface area contributed by atoms with Gasteiger partial charge in [-0.1, -0.05) is 36.1 Å². The number of ether oxygens (including phenoxy) is 4. The number of morpholine rings is 1. The molecule has 2 aromatic rings. The fraction of sp³-hybridized carbons (Fsp3) is 0.485. The minimum absolute atomic E-state index is 0.104. The van der Waals surface area contributed by atoms with Gasteiger partial charge >= 0.3 is 6.09 Å². The van der Waals surface area contributed by atoms with Gasteiger partial charge in [-0.2, -0.15) is 0 Å². The predicted octanol–water partition coefficient (Wildman–Crippen LogP) is 3.93. The molecule has 2 fully saturated rings. The molecule has 0 spiro atoms. The molecule has 3 amide bonds. The molecule has 1 aliphatic carbocycles. The quantitative estimate of drug-likeness (QED) is 0.441. The molecular formula is C33H41N3O7. The van der Waals surface area contributed by atoms with E-state index in [0.717, 1.165) is 18.4 Å². The van der Waals surface area contributed by atoms with Crippen LogP contribution in [-0.2, 0) is 19.1 Å². The van der Waals surface area contributed by atoms with Crippen molar-refractivity contribution in [2.75, 3.05) is 40.0 Å². The second kappa shape index (κ2) is 14.3. The second-order valence-electron chi connectivity index (χ2n) is 11.6. The van der Waals surface area contributed by atoms with Crippen molar-refractivity contribution >= 4 is 17.9 Å². The Labute approximate surface area is 253 Å². The molecule has 1 N–H and O–H groups in total. The molecule has 0 aromatic heterocycles. The Balaban J connectivity index is 1.40. The lowest BCUT2D eigenvalue weighted by atomic mass is 10.0. The topological polar surface area (TPSA) is 107 Å². The van der Waals surface area contributed by atoms with E-state index in [4.69, 9.17) is 18.9 Å². The first-order chi connectivity index (χ1) is 20.6. The number of rotatable bonds is 9. The van der Waals surface area contributed by atoms with Crippen molar-refractivity contribution in [3.05, 3.63) is 59.7 Å². The SMILES string of the molecule is COc1ccc(C(C)N(C(=O)[C@H]2CN(C(=O)OC(C)(C)C)CCO2)C2CC2)cc1C#CCNC(=O)COc1ccccc1. The van der Waals surface area contributed by atoms with E-state index in [1.807, 2.05) is 69.0 Å². The fourth-order valence-corrected chi connectivity index (χ4v) is 4.74. The molecule has 10 heteroatoms. The van der Waals surface area contributed by atoms with Gasteiger partial charge in [0.15, 0.2) is 12.7 Å². The van der Waals surface area contributed by atoms with Crippen LogP contribution in [0.3, 0.4) is 0 Å². The standard InChI is InChI=1S/C33H41N3O7/c1-23(36(26-14-15-26)31(38)29-21-35(18-19-41-29)32(39)43-33(2,3)4)24-13-16-28(40-5)25(20-24)10-9-17-34-30(37)22-42-27-11-7-6-8-12-27/h6-8,11-13,16,20,23,26,29H,14-15,17-19,21-22H2,1-5H3,(H,34,37)/t23?,29-/m1/s1. The predicted molar refractivity (Wildman–Crippen MR) is 161 cm³/mol. The molecule has 1 saturated carbocycles. The highest BCUT2D eigenvalue weighted by Gasteiger charge is 2.42. The Morgan fingerprint density at radius 1 is 1.14 bits per heavy atom. The van der Waals surface area contributed by atoms with E-state index in [1.165, 1.54) is 0 Å². The summed E-state index contributed by atoms with van der Waals surface area (Å²) in [6.45, 7) is 8.25.